The fourth-order valence-corrected chi connectivity index (χ4v) is 3.28. The highest BCUT2D eigenvalue weighted by atomic mass is 32.2. The number of amides is 1. The molecule has 5 heteroatoms. The minimum Gasteiger partial charge on any atom is -0.507 e. The largest absolute Gasteiger partial charge is 0.507 e. The van der Waals surface area contributed by atoms with E-state index in [9.17, 15) is 14.3 Å². The van der Waals surface area contributed by atoms with E-state index in [1.165, 1.54) is 18.6 Å². The van der Waals surface area contributed by atoms with Gasteiger partial charge in [-0.1, -0.05) is 6.42 Å². The van der Waals surface area contributed by atoms with Crippen LogP contribution in [0.3, 0.4) is 0 Å². The summed E-state index contributed by atoms with van der Waals surface area (Å²) in [6.07, 6.45) is 6.29. The van der Waals surface area contributed by atoms with Crippen LogP contribution in [0.15, 0.2) is 18.2 Å². The fourth-order valence-electron chi connectivity index (χ4n) is 2.45. The van der Waals surface area contributed by atoms with Crippen molar-refractivity contribution in [2.75, 3.05) is 6.26 Å². The van der Waals surface area contributed by atoms with Crippen LogP contribution in [0.2, 0.25) is 0 Å². The molecule has 2 atom stereocenters. The molecule has 1 saturated carbocycles. The quantitative estimate of drug-likeness (QED) is 0.896. The van der Waals surface area contributed by atoms with Crippen LogP contribution in [0, 0.1) is 5.82 Å². The number of carbonyl (C=O) groups excluding carboxylic acids is 1. The zero-order valence-corrected chi connectivity index (χ0v) is 11.7. The Morgan fingerprint density at radius 1 is 1.47 bits per heavy atom. The third-order valence-electron chi connectivity index (χ3n) is 3.50. The van der Waals surface area contributed by atoms with Crippen LogP contribution >= 0.6 is 11.8 Å². The van der Waals surface area contributed by atoms with Crippen molar-refractivity contribution in [3.63, 3.8) is 0 Å². The van der Waals surface area contributed by atoms with Crippen molar-refractivity contribution < 1.29 is 14.3 Å². The Kier molecular flexibility index (Phi) is 4.69. The highest BCUT2D eigenvalue weighted by Gasteiger charge is 2.23. The van der Waals surface area contributed by atoms with E-state index in [-0.39, 0.29) is 23.3 Å². The minimum absolute atomic E-state index is 0.132. The number of phenolic OH excluding ortho intramolecular Hbond substituents is 1. The van der Waals surface area contributed by atoms with Crippen molar-refractivity contribution in [2.45, 2.75) is 37.0 Å². The summed E-state index contributed by atoms with van der Waals surface area (Å²) in [5, 5.41) is 13.1. The molecule has 1 amide bonds. The first-order valence-corrected chi connectivity index (χ1v) is 7.71. The molecule has 0 aliphatic heterocycles. The van der Waals surface area contributed by atoms with Gasteiger partial charge < -0.3 is 10.4 Å². The van der Waals surface area contributed by atoms with E-state index in [1.807, 2.05) is 11.8 Å². The molecule has 0 saturated heterocycles. The second-order valence-electron chi connectivity index (χ2n) is 4.86. The van der Waals surface area contributed by atoms with E-state index >= 15 is 0 Å². The van der Waals surface area contributed by atoms with Crippen molar-refractivity contribution in [3.05, 3.63) is 29.6 Å². The number of halogens is 1. The van der Waals surface area contributed by atoms with Gasteiger partial charge in [0.05, 0.1) is 5.56 Å². The van der Waals surface area contributed by atoms with Crippen molar-refractivity contribution in [3.8, 4) is 5.75 Å². The van der Waals surface area contributed by atoms with Crippen molar-refractivity contribution in [2.24, 2.45) is 0 Å². The standard InChI is InChI=1S/C14H18FNO2S/c1-19-11-4-2-3-10(8-11)16-14(18)12-6-5-9(15)7-13(12)17/h5-7,10-11,17H,2-4,8H2,1H3,(H,16,18). The molecule has 1 aromatic carbocycles. The van der Waals surface area contributed by atoms with Crippen LogP contribution in [-0.4, -0.2) is 28.6 Å². The summed E-state index contributed by atoms with van der Waals surface area (Å²) in [5.41, 5.74) is 0.132. The lowest BCUT2D eigenvalue weighted by molar-refractivity contribution is 0.0925. The number of hydrogen-bond donors (Lipinski definition) is 2. The van der Waals surface area contributed by atoms with Crippen LogP contribution in [-0.2, 0) is 0 Å². The van der Waals surface area contributed by atoms with Gasteiger partial charge in [-0.2, -0.15) is 11.8 Å². The smallest absolute Gasteiger partial charge is 0.255 e. The molecule has 0 radical (unpaired) electrons. The summed E-state index contributed by atoms with van der Waals surface area (Å²) in [5.74, 6) is -1.19. The lowest BCUT2D eigenvalue weighted by Gasteiger charge is -2.28. The average Bonchev–Trinajstić information content (AvgIpc) is 2.38. The topological polar surface area (TPSA) is 49.3 Å². The predicted octanol–water partition coefficient (Wildman–Crippen LogP) is 2.94. The monoisotopic (exact) mass is 283 g/mol. The molecular weight excluding hydrogens is 265 g/mol. The third kappa shape index (κ3) is 3.62. The van der Waals surface area contributed by atoms with Gasteiger partial charge in [0.2, 0.25) is 0 Å². The van der Waals surface area contributed by atoms with E-state index in [0.717, 1.165) is 25.3 Å². The molecule has 0 spiro atoms. The molecule has 2 unspecified atom stereocenters. The van der Waals surface area contributed by atoms with Crippen LogP contribution in [0.5, 0.6) is 5.75 Å². The molecule has 2 N–H and O–H groups in total. The zero-order valence-electron chi connectivity index (χ0n) is 10.9. The molecule has 1 aromatic rings. The molecule has 19 heavy (non-hydrogen) atoms. The molecule has 0 heterocycles. The number of benzene rings is 1. The summed E-state index contributed by atoms with van der Waals surface area (Å²) in [7, 11) is 0. The number of rotatable bonds is 3. The number of phenols is 1. The number of nitrogens with one attached hydrogen (secondary N) is 1. The lowest BCUT2D eigenvalue weighted by atomic mass is 9.94. The Hall–Kier alpha value is -1.23. The van der Waals surface area contributed by atoms with Gasteiger partial charge in [-0.25, -0.2) is 4.39 Å². The molecule has 1 aliphatic carbocycles. The van der Waals surface area contributed by atoms with Crippen LogP contribution < -0.4 is 5.32 Å². The number of carbonyl (C=O) groups is 1. The summed E-state index contributed by atoms with van der Waals surface area (Å²) in [4.78, 5) is 12.0. The van der Waals surface area contributed by atoms with Gasteiger partial charge in [0.25, 0.3) is 5.91 Å². The summed E-state index contributed by atoms with van der Waals surface area (Å²) in [6, 6.07) is 3.60. The summed E-state index contributed by atoms with van der Waals surface area (Å²) < 4.78 is 12.9. The Morgan fingerprint density at radius 2 is 2.26 bits per heavy atom. The second-order valence-corrected chi connectivity index (χ2v) is 5.99. The Balaban J connectivity index is 2.00. The molecule has 1 fully saturated rings. The Labute approximate surface area is 116 Å². The SMILES string of the molecule is CSC1CCCC(NC(=O)c2ccc(F)cc2O)C1. The van der Waals surface area contributed by atoms with Crippen molar-refractivity contribution >= 4 is 17.7 Å². The van der Waals surface area contributed by atoms with E-state index in [1.54, 1.807) is 0 Å². The average molecular weight is 283 g/mol. The van der Waals surface area contributed by atoms with Gasteiger partial charge in [0, 0.05) is 17.4 Å². The zero-order chi connectivity index (χ0) is 13.8. The minimum atomic E-state index is -0.547. The third-order valence-corrected chi connectivity index (χ3v) is 4.59. The fraction of sp³-hybridized carbons (Fsp3) is 0.500. The van der Waals surface area contributed by atoms with Crippen molar-refractivity contribution in [1.29, 1.82) is 0 Å². The number of aromatic hydroxyl groups is 1. The van der Waals surface area contributed by atoms with Gasteiger partial charge in [-0.05, 0) is 37.7 Å². The maximum Gasteiger partial charge on any atom is 0.255 e. The molecular formula is C14H18FNO2S. The van der Waals surface area contributed by atoms with Gasteiger partial charge >= 0.3 is 0 Å². The molecule has 1 aliphatic rings. The van der Waals surface area contributed by atoms with Gasteiger partial charge in [0.15, 0.2) is 0 Å². The van der Waals surface area contributed by atoms with Crippen molar-refractivity contribution in [1.82, 2.24) is 5.32 Å². The first-order valence-electron chi connectivity index (χ1n) is 6.42. The van der Waals surface area contributed by atoms with E-state index in [2.05, 4.69) is 11.6 Å². The van der Waals surface area contributed by atoms with E-state index in [4.69, 9.17) is 0 Å². The summed E-state index contributed by atoms with van der Waals surface area (Å²) in [6.45, 7) is 0. The van der Waals surface area contributed by atoms with Crippen LogP contribution in [0.1, 0.15) is 36.0 Å². The highest BCUT2D eigenvalue weighted by Crippen LogP contribution is 2.27. The number of hydrogen-bond acceptors (Lipinski definition) is 3. The highest BCUT2D eigenvalue weighted by molar-refractivity contribution is 7.99. The molecule has 2 rings (SSSR count). The lowest BCUT2D eigenvalue weighted by Crippen LogP contribution is -2.39. The molecule has 104 valence electrons. The predicted molar refractivity (Wildman–Crippen MR) is 75.1 cm³/mol. The van der Waals surface area contributed by atoms with Gasteiger partial charge in [0.1, 0.15) is 11.6 Å². The van der Waals surface area contributed by atoms with E-state index in [0.29, 0.717) is 5.25 Å². The molecule has 0 bridgehead atoms. The Morgan fingerprint density at radius 3 is 2.95 bits per heavy atom. The number of thioether (sulfide) groups is 1. The maximum absolute atomic E-state index is 12.9. The van der Waals surface area contributed by atoms with Crippen LogP contribution in [0.4, 0.5) is 4.39 Å². The second kappa shape index (κ2) is 6.28. The summed E-state index contributed by atoms with van der Waals surface area (Å²) >= 11 is 1.83. The van der Waals surface area contributed by atoms with E-state index < -0.39 is 5.82 Å². The first-order chi connectivity index (χ1) is 9.10. The molecule has 3 nitrogen and oxygen atoms in total. The normalized spacial score (nSPS) is 23.1. The Bertz CT molecular complexity index is 467. The molecule has 0 aromatic heterocycles. The maximum atomic E-state index is 12.9. The van der Waals surface area contributed by atoms with Gasteiger partial charge in [-0.15, -0.1) is 0 Å². The van der Waals surface area contributed by atoms with Crippen LogP contribution in [0.25, 0.3) is 0 Å². The first kappa shape index (κ1) is 14.2. The van der Waals surface area contributed by atoms with Gasteiger partial charge in [-0.3, -0.25) is 4.79 Å².